The van der Waals surface area contributed by atoms with Crippen molar-refractivity contribution in [2.24, 2.45) is 0 Å². The first-order valence-electron chi connectivity index (χ1n) is 11.1. The zero-order chi connectivity index (χ0) is 26.3. The van der Waals surface area contributed by atoms with Gasteiger partial charge in [-0.25, -0.2) is 8.78 Å². The normalized spacial score (nSPS) is 12.6. The highest BCUT2D eigenvalue weighted by Crippen LogP contribution is 2.30. The number of benzene rings is 3. The minimum Gasteiger partial charge on any atom is -0.489 e. The number of hydrogen-bond donors (Lipinski definition) is 1. The highest BCUT2D eigenvalue weighted by molar-refractivity contribution is 6.18. The molecule has 3 aromatic rings. The van der Waals surface area contributed by atoms with Crippen LogP contribution >= 0.6 is 11.6 Å². The Morgan fingerprint density at radius 1 is 0.944 bits per heavy atom. The molecule has 36 heavy (non-hydrogen) atoms. The predicted octanol–water partition coefficient (Wildman–Crippen LogP) is 8.49. The number of hydrogen-bond acceptors (Lipinski definition) is 2. The molecule has 0 saturated heterocycles. The van der Waals surface area contributed by atoms with Crippen LogP contribution in [0.5, 0.6) is 5.75 Å². The van der Waals surface area contributed by atoms with Gasteiger partial charge in [-0.3, -0.25) is 0 Å². The van der Waals surface area contributed by atoms with Gasteiger partial charge in [0.2, 0.25) is 0 Å². The summed E-state index contributed by atoms with van der Waals surface area (Å²) in [5.74, 6) is -0.860. The molecule has 0 aromatic heterocycles. The largest absolute Gasteiger partial charge is 0.489 e. The van der Waals surface area contributed by atoms with Crippen molar-refractivity contribution < 1.29 is 26.7 Å². The van der Waals surface area contributed by atoms with Gasteiger partial charge in [0.05, 0.1) is 5.56 Å². The molecule has 0 spiro atoms. The van der Waals surface area contributed by atoms with E-state index < -0.39 is 23.4 Å². The van der Waals surface area contributed by atoms with Crippen LogP contribution in [0.1, 0.15) is 41.2 Å². The van der Waals surface area contributed by atoms with Gasteiger partial charge in [0.15, 0.2) is 11.6 Å². The summed E-state index contributed by atoms with van der Waals surface area (Å²) in [6, 6.07) is 14.1. The van der Waals surface area contributed by atoms with Gasteiger partial charge in [-0.05, 0) is 85.0 Å². The molecule has 0 saturated carbocycles. The third-order valence-corrected chi connectivity index (χ3v) is 5.66. The number of aryl methyl sites for hydroxylation is 1. The smallest absolute Gasteiger partial charge is 0.416 e. The van der Waals surface area contributed by atoms with E-state index in [9.17, 15) is 22.0 Å². The Labute approximate surface area is 212 Å². The van der Waals surface area contributed by atoms with E-state index in [2.05, 4.69) is 5.32 Å². The topological polar surface area (TPSA) is 21.3 Å². The summed E-state index contributed by atoms with van der Waals surface area (Å²) in [7, 11) is 0. The lowest BCUT2D eigenvalue weighted by Crippen LogP contribution is -2.06. The average molecular weight is 522 g/mol. The molecule has 0 atom stereocenters. The van der Waals surface area contributed by atoms with Crippen LogP contribution in [-0.4, -0.2) is 5.88 Å². The van der Waals surface area contributed by atoms with Crippen LogP contribution in [0.25, 0.3) is 11.3 Å². The molecule has 0 aliphatic heterocycles. The fourth-order valence-electron chi connectivity index (χ4n) is 3.40. The number of allylic oxidation sites excluding steroid dienone is 2. The quantitative estimate of drug-likeness (QED) is 0.225. The monoisotopic (exact) mass is 521 g/mol. The molecule has 8 heteroatoms. The van der Waals surface area contributed by atoms with Crippen LogP contribution in [0.3, 0.4) is 0 Å². The maximum Gasteiger partial charge on any atom is 0.416 e. The van der Waals surface area contributed by atoms with Crippen molar-refractivity contribution in [3.05, 3.63) is 112 Å². The minimum absolute atomic E-state index is 0.137. The van der Waals surface area contributed by atoms with Gasteiger partial charge in [-0.1, -0.05) is 24.3 Å². The van der Waals surface area contributed by atoms with Crippen molar-refractivity contribution in [2.45, 2.75) is 33.1 Å². The SMILES string of the molecule is C/C(=C\N/C(=C/CCCl)c1ccc(F)c(F)c1)c1ccc(OCc2ccc(C(F)(F)F)cc2)c(C)c1. The maximum absolute atomic E-state index is 13.7. The summed E-state index contributed by atoms with van der Waals surface area (Å²) in [6.07, 6.45) is -0.256. The van der Waals surface area contributed by atoms with Crippen LogP contribution in [0.2, 0.25) is 0 Å². The van der Waals surface area contributed by atoms with E-state index in [-0.39, 0.29) is 6.61 Å². The van der Waals surface area contributed by atoms with Crippen LogP contribution < -0.4 is 10.1 Å². The van der Waals surface area contributed by atoms with Crippen LogP contribution in [0, 0.1) is 18.6 Å². The summed E-state index contributed by atoms with van der Waals surface area (Å²) < 4.78 is 71.0. The Hall–Kier alpha value is -3.32. The van der Waals surface area contributed by atoms with E-state index in [0.29, 0.717) is 34.9 Å². The molecule has 0 aliphatic carbocycles. The number of alkyl halides is 4. The molecule has 190 valence electrons. The van der Waals surface area contributed by atoms with Crippen molar-refractivity contribution in [3.8, 4) is 5.75 Å². The Balaban J connectivity index is 1.69. The summed E-state index contributed by atoms with van der Waals surface area (Å²) in [4.78, 5) is 0. The van der Waals surface area contributed by atoms with Gasteiger partial charge < -0.3 is 10.1 Å². The first-order valence-corrected chi connectivity index (χ1v) is 11.7. The number of rotatable bonds is 9. The van der Waals surface area contributed by atoms with Gasteiger partial charge >= 0.3 is 6.18 Å². The standard InChI is InChI=1S/C28H25ClF5NO/c1-18-14-21(8-12-27(18)36-17-20-5-9-23(10-6-20)28(32,33)34)19(2)16-35-26(4-3-13-29)22-7-11-24(30)25(31)15-22/h4-12,14-16,35H,3,13,17H2,1-2H3/b19-16+,26-4+. The average Bonchev–Trinajstić information content (AvgIpc) is 2.84. The third kappa shape index (κ3) is 7.34. The van der Waals surface area contributed by atoms with Crippen molar-refractivity contribution in [1.29, 1.82) is 0 Å². The second kappa shape index (κ2) is 12.1. The highest BCUT2D eigenvalue weighted by Gasteiger charge is 2.29. The van der Waals surface area contributed by atoms with Gasteiger partial charge in [-0.15, -0.1) is 11.6 Å². The molecule has 0 unspecified atom stereocenters. The molecular formula is C28H25ClF5NO. The molecule has 0 heterocycles. The van der Waals surface area contributed by atoms with E-state index in [4.69, 9.17) is 16.3 Å². The summed E-state index contributed by atoms with van der Waals surface area (Å²) in [5.41, 5.74) is 3.66. The Morgan fingerprint density at radius 3 is 2.25 bits per heavy atom. The predicted molar refractivity (Wildman–Crippen MR) is 133 cm³/mol. The zero-order valence-electron chi connectivity index (χ0n) is 19.7. The van der Waals surface area contributed by atoms with Gasteiger partial charge in [0.25, 0.3) is 0 Å². The summed E-state index contributed by atoms with van der Waals surface area (Å²) >= 11 is 5.79. The number of ether oxygens (including phenoxy) is 1. The lowest BCUT2D eigenvalue weighted by molar-refractivity contribution is -0.137. The Kier molecular flexibility index (Phi) is 9.15. The van der Waals surface area contributed by atoms with Crippen molar-refractivity contribution in [2.75, 3.05) is 5.88 Å². The van der Waals surface area contributed by atoms with Crippen molar-refractivity contribution in [1.82, 2.24) is 5.32 Å². The molecule has 3 aromatic carbocycles. The Bertz CT molecular complexity index is 1250. The number of halogens is 6. The van der Waals surface area contributed by atoms with E-state index >= 15 is 0 Å². The molecule has 0 amide bonds. The molecule has 3 rings (SSSR count). The molecule has 0 aliphatic rings. The first kappa shape index (κ1) is 27.3. The van der Waals surface area contributed by atoms with Crippen LogP contribution in [0.4, 0.5) is 22.0 Å². The molecule has 2 nitrogen and oxygen atoms in total. The minimum atomic E-state index is -4.37. The lowest BCUT2D eigenvalue weighted by Gasteiger charge is -2.13. The first-order chi connectivity index (χ1) is 17.1. The van der Waals surface area contributed by atoms with Gasteiger partial charge in [-0.2, -0.15) is 13.2 Å². The van der Waals surface area contributed by atoms with Gasteiger partial charge in [0, 0.05) is 23.3 Å². The maximum atomic E-state index is 13.7. The van der Waals surface area contributed by atoms with E-state index in [1.807, 2.05) is 32.1 Å². The third-order valence-electron chi connectivity index (χ3n) is 5.44. The molecule has 1 N–H and O–H groups in total. The number of nitrogens with one attached hydrogen (secondary N) is 1. The summed E-state index contributed by atoms with van der Waals surface area (Å²) in [5, 5.41) is 3.15. The van der Waals surface area contributed by atoms with E-state index in [1.54, 1.807) is 12.3 Å². The van der Waals surface area contributed by atoms with Gasteiger partial charge in [0.1, 0.15) is 12.4 Å². The van der Waals surface area contributed by atoms with Crippen LogP contribution in [0.15, 0.2) is 72.9 Å². The fourth-order valence-corrected chi connectivity index (χ4v) is 3.51. The molecular weight excluding hydrogens is 497 g/mol. The second-order valence-electron chi connectivity index (χ2n) is 8.16. The van der Waals surface area contributed by atoms with Crippen molar-refractivity contribution in [3.63, 3.8) is 0 Å². The lowest BCUT2D eigenvalue weighted by atomic mass is 10.0. The second-order valence-corrected chi connectivity index (χ2v) is 8.54. The van der Waals surface area contributed by atoms with Crippen molar-refractivity contribution >= 4 is 22.9 Å². The van der Waals surface area contributed by atoms with E-state index in [0.717, 1.165) is 41.0 Å². The fraction of sp³-hybridized carbons (Fsp3) is 0.214. The summed E-state index contributed by atoms with van der Waals surface area (Å²) in [6.45, 7) is 3.91. The highest BCUT2D eigenvalue weighted by atomic mass is 35.5. The zero-order valence-corrected chi connectivity index (χ0v) is 20.5. The van der Waals surface area contributed by atoms with Crippen LogP contribution in [-0.2, 0) is 12.8 Å². The molecule has 0 radical (unpaired) electrons. The Morgan fingerprint density at radius 2 is 1.64 bits per heavy atom. The molecule has 0 bridgehead atoms. The molecule has 0 fully saturated rings. The van der Waals surface area contributed by atoms with E-state index in [1.165, 1.54) is 18.2 Å².